The molecule has 1 aromatic rings. The molecule has 0 spiro atoms. The van der Waals surface area contributed by atoms with E-state index in [0.29, 0.717) is 13.0 Å². The molecule has 8 heteroatoms. The zero-order chi connectivity index (χ0) is 20.8. The molecule has 6 N–H and O–H groups in total. The van der Waals surface area contributed by atoms with Crippen LogP contribution in [0.1, 0.15) is 39.2 Å². The van der Waals surface area contributed by atoms with Crippen molar-refractivity contribution in [1.29, 1.82) is 10.8 Å². The van der Waals surface area contributed by atoms with Gasteiger partial charge >= 0.3 is 0 Å². The predicted octanol–water partition coefficient (Wildman–Crippen LogP) is 0.427. The fourth-order valence-electron chi connectivity index (χ4n) is 3.91. The SMILES string of the molecule is CC(C)(C)N1C[C@H](O)C[C@@]1(C[C@@H](O)[C@@H](N)Cc1ccccc1)C(N)=O.N#N. The van der Waals surface area contributed by atoms with Gasteiger partial charge in [-0.15, -0.1) is 0 Å². The van der Waals surface area contributed by atoms with Crippen molar-refractivity contribution in [3.63, 3.8) is 0 Å². The Morgan fingerprint density at radius 1 is 1.33 bits per heavy atom. The van der Waals surface area contributed by atoms with Gasteiger partial charge in [-0.05, 0) is 32.8 Å². The van der Waals surface area contributed by atoms with Gasteiger partial charge in [0.05, 0.1) is 12.2 Å². The van der Waals surface area contributed by atoms with E-state index in [2.05, 4.69) is 0 Å². The first kappa shape index (κ1) is 23.0. The topological polar surface area (TPSA) is 160 Å². The molecule has 8 nitrogen and oxygen atoms in total. The number of aliphatic hydroxyl groups excluding tert-OH is 2. The normalized spacial score (nSPS) is 25.3. The molecule has 0 aromatic heterocycles. The Morgan fingerprint density at radius 3 is 2.37 bits per heavy atom. The molecule has 0 saturated carbocycles. The fourth-order valence-corrected chi connectivity index (χ4v) is 3.91. The van der Waals surface area contributed by atoms with Gasteiger partial charge in [-0.3, -0.25) is 9.69 Å². The van der Waals surface area contributed by atoms with Gasteiger partial charge in [-0.2, -0.15) is 0 Å². The number of hydrogen-bond donors (Lipinski definition) is 4. The van der Waals surface area contributed by atoms with Crippen LogP contribution in [-0.2, 0) is 11.2 Å². The van der Waals surface area contributed by atoms with E-state index in [1.165, 1.54) is 0 Å². The lowest BCUT2D eigenvalue weighted by molar-refractivity contribution is -0.134. The first-order valence-corrected chi connectivity index (χ1v) is 8.99. The minimum atomic E-state index is -1.09. The van der Waals surface area contributed by atoms with Crippen LogP contribution in [0.25, 0.3) is 0 Å². The van der Waals surface area contributed by atoms with Gasteiger partial charge in [-0.1, -0.05) is 30.3 Å². The molecule has 1 fully saturated rings. The van der Waals surface area contributed by atoms with Gasteiger partial charge in [-0.25, -0.2) is 0 Å². The number of hydrogen-bond acceptors (Lipinski definition) is 7. The lowest BCUT2D eigenvalue weighted by atomic mass is 9.82. The highest BCUT2D eigenvalue weighted by atomic mass is 16.3. The zero-order valence-corrected chi connectivity index (χ0v) is 16.2. The highest BCUT2D eigenvalue weighted by molar-refractivity contribution is 5.85. The molecule has 150 valence electrons. The lowest BCUT2D eigenvalue weighted by Crippen LogP contribution is -2.62. The van der Waals surface area contributed by atoms with Crippen LogP contribution in [0.4, 0.5) is 0 Å². The van der Waals surface area contributed by atoms with E-state index in [0.717, 1.165) is 5.56 Å². The maximum Gasteiger partial charge on any atom is 0.238 e. The molecule has 0 aliphatic carbocycles. The van der Waals surface area contributed by atoms with Gasteiger partial charge in [0, 0.05) is 41.8 Å². The Balaban J connectivity index is 0.00000176. The third-order valence-electron chi connectivity index (χ3n) is 5.11. The second-order valence-corrected chi connectivity index (χ2v) is 8.16. The molecule has 27 heavy (non-hydrogen) atoms. The molecule has 2 rings (SSSR count). The lowest BCUT2D eigenvalue weighted by Gasteiger charge is -2.45. The number of nitrogens with two attached hydrogens (primary N) is 2. The van der Waals surface area contributed by atoms with Crippen molar-refractivity contribution >= 4 is 5.91 Å². The van der Waals surface area contributed by atoms with E-state index in [4.69, 9.17) is 22.3 Å². The second-order valence-electron chi connectivity index (χ2n) is 8.16. The largest absolute Gasteiger partial charge is 0.392 e. The van der Waals surface area contributed by atoms with Gasteiger partial charge in [0.15, 0.2) is 0 Å². The highest BCUT2D eigenvalue weighted by Crippen LogP contribution is 2.39. The average Bonchev–Trinajstić information content (AvgIpc) is 2.95. The van der Waals surface area contributed by atoms with Crippen molar-refractivity contribution in [2.24, 2.45) is 11.5 Å². The summed E-state index contributed by atoms with van der Waals surface area (Å²) in [5.74, 6) is -0.523. The summed E-state index contributed by atoms with van der Waals surface area (Å²) < 4.78 is 0. The average molecular weight is 377 g/mol. The molecule has 4 atom stereocenters. The molecule has 1 amide bonds. The Hall–Kier alpha value is -2.05. The van der Waals surface area contributed by atoms with Crippen molar-refractivity contribution in [2.45, 2.75) is 69.4 Å². The molecular weight excluding hydrogens is 346 g/mol. The minimum Gasteiger partial charge on any atom is -0.392 e. The minimum absolute atomic E-state index is 0.116. The van der Waals surface area contributed by atoms with Crippen LogP contribution in [0.5, 0.6) is 0 Å². The van der Waals surface area contributed by atoms with Crippen LogP contribution in [-0.4, -0.2) is 56.9 Å². The van der Waals surface area contributed by atoms with Crippen molar-refractivity contribution < 1.29 is 15.0 Å². The van der Waals surface area contributed by atoms with Crippen molar-refractivity contribution in [2.75, 3.05) is 6.54 Å². The summed E-state index contributed by atoms with van der Waals surface area (Å²) in [4.78, 5) is 14.3. The number of primary amides is 1. The van der Waals surface area contributed by atoms with Crippen molar-refractivity contribution in [1.82, 2.24) is 4.90 Å². The first-order valence-electron chi connectivity index (χ1n) is 8.99. The monoisotopic (exact) mass is 377 g/mol. The molecule has 0 radical (unpaired) electrons. The zero-order valence-electron chi connectivity index (χ0n) is 16.2. The predicted molar refractivity (Wildman–Crippen MR) is 101 cm³/mol. The van der Waals surface area contributed by atoms with Crippen LogP contribution in [0.2, 0.25) is 0 Å². The quantitative estimate of drug-likeness (QED) is 0.523. The van der Waals surface area contributed by atoms with Crippen LogP contribution >= 0.6 is 0 Å². The van der Waals surface area contributed by atoms with Gasteiger partial charge in [0.2, 0.25) is 5.91 Å². The number of β-amino-alcohol motifs (C(OH)–C–C–N with tert-alkyl or cyclic N) is 1. The Morgan fingerprint density at radius 2 is 1.89 bits per heavy atom. The van der Waals surface area contributed by atoms with Crippen LogP contribution in [0.3, 0.4) is 0 Å². The molecule has 1 aliphatic rings. The van der Waals surface area contributed by atoms with Crippen molar-refractivity contribution in [3.05, 3.63) is 35.9 Å². The standard InChI is InChI=1S/C19H31N3O3.N2/c1-18(2,3)22-12-14(23)10-19(22,17(21)25)11-16(24)15(20)9-13-7-5-4-6-8-13;1-2/h4-8,14-16,23-24H,9-12,20H2,1-3H3,(H2,21,25);/t14-,15+,16-,19-;/m1./s1. The second kappa shape index (κ2) is 9.24. The molecule has 1 heterocycles. The third-order valence-corrected chi connectivity index (χ3v) is 5.11. The van der Waals surface area contributed by atoms with E-state index in [-0.39, 0.29) is 18.4 Å². The number of aliphatic hydroxyl groups is 2. The number of carbonyl (C=O) groups is 1. The van der Waals surface area contributed by atoms with Gasteiger partial charge < -0.3 is 21.7 Å². The van der Waals surface area contributed by atoms with E-state index >= 15 is 0 Å². The van der Waals surface area contributed by atoms with E-state index < -0.39 is 29.7 Å². The first-order chi connectivity index (χ1) is 12.6. The number of amides is 1. The Bertz CT molecular complexity index is 631. The summed E-state index contributed by atoms with van der Waals surface area (Å²) in [5, 5.41) is 32.9. The number of rotatable bonds is 6. The maximum atomic E-state index is 12.4. The summed E-state index contributed by atoms with van der Waals surface area (Å²) in [6.45, 7) is 6.27. The summed E-state index contributed by atoms with van der Waals surface area (Å²) in [6.07, 6.45) is -0.707. The fraction of sp³-hybridized carbons (Fsp3) is 0.632. The van der Waals surface area contributed by atoms with Gasteiger partial charge in [0.25, 0.3) is 0 Å². The Kier molecular flexibility index (Phi) is 7.87. The summed E-state index contributed by atoms with van der Waals surface area (Å²) in [5.41, 5.74) is 11.5. The number of carbonyl (C=O) groups excluding carboxylic acids is 1. The van der Waals surface area contributed by atoms with E-state index in [9.17, 15) is 15.0 Å². The highest BCUT2D eigenvalue weighted by Gasteiger charge is 2.54. The molecule has 0 unspecified atom stereocenters. The van der Waals surface area contributed by atoms with E-state index in [1.54, 1.807) is 0 Å². The summed E-state index contributed by atoms with van der Waals surface area (Å²) in [7, 11) is 0. The molecule has 1 aliphatic heterocycles. The number of nitrogens with zero attached hydrogens (tertiary/aromatic N) is 3. The smallest absolute Gasteiger partial charge is 0.238 e. The van der Waals surface area contributed by atoms with Gasteiger partial charge in [0.1, 0.15) is 5.54 Å². The van der Waals surface area contributed by atoms with Crippen molar-refractivity contribution in [3.8, 4) is 0 Å². The number of likely N-dealkylation sites (tertiary alicyclic amines) is 1. The molecule has 1 saturated heterocycles. The van der Waals surface area contributed by atoms with Crippen LogP contribution in [0, 0.1) is 10.8 Å². The Labute approximate surface area is 160 Å². The molecule has 0 bridgehead atoms. The maximum absolute atomic E-state index is 12.4. The molecular formula is C19H31N5O3. The third kappa shape index (κ3) is 5.47. The van der Waals surface area contributed by atoms with E-state index in [1.807, 2.05) is 56.0 Å². The number of benzene rings is 1. The summed E-state index contributed by atoms with van der Waals surface area (Å²) in [6, 6.07) is 9.17. The summed E-state index contributed by atoms with van der Waals surface area (Å²) >= 11 is 0. The van der Waals surface area contributed by atoms with Crippen LogP contribution in [0.15, 0.2) is 30.3 Å². The van der Waals surface area contributed by atoms with Crippen LogP contribution < -0.4 is 11.5 Å². The molecule has 1 aromatic carbocycles.